The minimum Gasteiger partial charge on any atom is -0.392 e. The van der Waals surface area contributed by atoms with Crippen LogP contribution in [0.2, 0.25) is 0 Å². The lowest BCUT2D eigenvalue weighted by molar-refractivity contribution is -0.108. The molecule has 4 rings (SSSR count). The zero-order chi connectivity index (χ0) is 17.6. The molecule has 1 aromatic rings. The molecule has 0 bridgehead atoms. The van der Waals surface area contributed by atoms with Crippen LogP contribution in [0, 0.1) is 5.92 Å². The molecule has 5 nitrogen and oxygen atoms in total. The highest BCUT2D eigenvalue weighted by molar-refractivity contribution is 5.94. The molecule has 0 radical (unpaired) electrons. The van der Waals surface area contributed by atoms with Crippen LogP contribution >= 0.6 is 0 Å². The Hall–Kier alpha value is -1.43. The van der Waals surface area contributed by atoms with E-state index < -0.39 is 0 Å². The predicted octanol–water partition coefficient (Wildman–Crippen LogP) is 1.29. The molecule has 2 atom stereocenters. The van der Waals surface area contributed by atoms with E-state index in [9.17, 15) is 9.90 Å². The van der Waals surface area contributed by atoms with Gasteiger partial charge in [-0.15, -0.1) is 0 Å². The molecule has 3 heterocycles. The zero-order valence-electron chi connectivity index (χ0n) is 15.3. The number of aliphatic hydroxyl groups excluding tert-OH is 1. The Bertz CT molecular complexity index is 627. The number of carbonyl (C=O) groups is 1. The second-order valence-electron chi connectivity index (χ2n) is 8.54. The summed E-state index contributed by atoms with van der Waals surface area (Å²) in [5.74, 6) is 0.784. The van der Waals surface area contributed by atoms with E-state index in [1.54, 1.807) is 0 Å². The summed E-state index contributed by atoms with van der Waals surface area (Å²) in [5.41, 5.74) is 0.794. The number of amides is 1. The van der Waals surface area contributed by atoms with Crippen molar-refractivity contribution in [1.29, 1.82) is 0 Å². The van der Waals surface area contributed by atoms with Crippen molar-refractivity contribution in [3.63, 3.8) is 0 Å². The summed E-state index contributed by atoms with van der Waals surface area (Å²) in [6.45, 7) is 9.89. The van der Waals surface area contributed by atoms with Gasteiger partial charge in [0.25, 0.3) is 5.91 Å². The largest absolute Gasteiger partial charge is 0.392 e. The van der Waals surface area contributed by atoms with Crippen molar-refractivity contribution in [3.05, 3.63) is 35.9 Å². The molecule has 0 aliphatic carbocycles. The van der Waals surface area contributed by atoms with Gasteiger partial charge in [0.15, 0.2) is 0 Å². The lowest BCUT2D eigenvalue weighted by atomic mass is 9.83. The quantitative estimate of drug-likeness (QED) is 0.898. The summed E-state index contributed by atoms with van der Waals surface area (Å²) >= 11 is 0. The molecule has 25 heavy (non-hydrogen) atoms. The summed E-state index contributed by atoms with van der Waals surface area (Å²) in [6.07, 6.45) is 0.526. The molecule has 1 spiro atoms. The van der Waals surface area contributed by atoms with Crippen LogP contribution < -0.4 is 0 Å². The number of likely N-dealkylation sites (tertiary alicyclic amines) is 1. The SMILES string of the molecule is CC(C)CN1CC2(C1)CN(C(=O)c1ccccc1)C[C@H]1C[C@@H](O)CN12. The van der Waals surface area contributed by atoms with Crippen LogP contribution in [-0.4, -0.2) is 82.7 Å². The Morgan fingerprint density at radius 2 is 1.92 bits per heavy atom. The summed E-state index contributed by atoms with van der Waals surface area (Å²) in [7, 11) is 0. The van der Waals surface area contributed by atoms with Gasteiger partial charge in [-0.3, -0.25) is 14.6 Å². The monoisotopic (exact) mass is 343 g/mol. The molecular weight excluding hydrogens is 314 g/mol. The Labute approximate surface area is 150 Å². The summed E-state index contributed by atoms with van der Waals surface area (Å²) < 4.78 is 0. The van der Waals surface area contributed by atoms with Gasteiger partial charge in [0.1, 0.15) is 0 Å². The van der Waals surface area contributed by atoms with Crippen molar-refractivity contribution in [2.45, 2.75) is 38.0 Å². The van der Waals surface area contributed by atoms with Crippen LogP contribution in [-0.2, 0) is 0 Å². The number of nitrogens with zero attached hydrogens (tertiary/aromatic N) is 3. The second-order valence-corrected chi connectivity index (χ2v) is 8.54. The van der Waals surface area contributed by atoms with Crippen LogP contribution in [0.3, 0.4) is 0 Å². The summed E-state index contributed by atoms with van der Waals surface area (Å²) in [4.78, 5) is 20.0. The molecule has 3 aliphatic heterocycles. The van der Waals surface area contributed by atoms with Crippen LogP contribution in [0.25, 0.3) is 0 Å². The average Bonchev–Trinajstić information content (AvgIpc) is 2.93. The number of benzene rings is 1. The van der Waals surface area contributed by atoms with Gasteiger partial charge in [-0.1, -0.05) is 32.0 Å². The highest BCUT2D eigenvalue weighted by atomic mass is 16.3. The second kappa shape index (κ2) is 6.38. The van der Waals surface area contributed by atoms with Crippen LogP contribution in [0.15, 0.2) is 30.3 Å². The third kappa shape index (κ3) is 3.09. The smallest absolute Gasteiger partial charge is 0.253 e. The number of aliphatic hydroxyl groups is 1. The Morgan fingerprint density at radius 3 is 2.60 bits per heavy atom. The lowest BCUT2D eigenvalue weighted by Gasteiger charge is -2.61. The topological polar surface area (TPSA) is 47.0 Å². The van der Waals surface area contributed by atoms with Gasteiger partial charge < -0.3 is 10.0 Å². The van der Waals surface area contributed by atoms with Crippen molar-refractivity contribution in [1.82, 2.24) is 14.7 Å². The van der Waals surface area contributed by atoms with E-state index >= 15 is 0 Å². The molecule has 3 saturated heterocycles. The molecule has 5 heteroatoms. The maximum absolute atomic E-state index is 13.0. The lowest BCUT2D eigenvalue weighted by Crippen LogP contribution is -2.78. The molecule has 3 aliphatic rings. The first-order valence-electron chi connectivity index (χ1n) is 9.48. The fourth-order valence-corrected chi connectivity index (χ4v) is 5.04. The van der Waals surface area contributed by atoms with Gasteiger partial charge in [0, 0.05) is 50.9 Å². The minimum absolute atomic E-state index is 0.0275. The van der Waals surface area contributed by atoms with E-state index in [0.717, 1.165) is 51.3 Å². The fourth-order valence-electron chi connectivity index (χ4n) is 5.04. The first-order chi connectivity index (χ1) is 12.0. The van der Waals surface area contributed by atoms with E-state index in [4.69, 9.17) is 0 Å². The van der Waals surface area contributed by atoms with Crippen molar-refractivity contribution in [2.75, 3.05) is 39.3 Å². The summed E-state index contributed by atoms with van der Waals surface area (Å²) in [6, 6.07) is 9.88. The number of hydrogen-bond donors (Lipinski definition) is 1. The molecule has 1 N–H and O–H groups in total. The highest BCUT2D eigenvalue weighted by Gasteiger charge is 2.56. The Balaban J connectivity index is 1.53. The molecule has 0 unspecified atom stereocenters. The van der Waals surface area contributed by atoms with Crippen molar-refractivity contribution in [2.24, 2.45) is 5.92 Å². The zero-order valence-corrected chi connectivity index (χ0v) is 15.3. The highest BCUT2D eigenvalue weighted by Crippen LogP contribution is 2.39. The molecule has 1 amide bonds. The van der Waals surface area contributed by atoms with Gasteiger partial charge in [-0.05, 0) is 24.5 Å². The first-order valence-corrected chi connectivity index (χ1v) is 9.48. The average molecular weight is 343 g/mol. The van der Waals surface area contributed by atoms with Gasteiger partial charge in [-0.25, -0.2) is 0 Å². The van der Waals surface area contributed by atoms with Gasteiger partial charge in [-0.2, -0.15) is 0 Å². The summed E-state index contributed by atoms with van der Waals surface area (Å²) in [5, 5.41) is 10.2. The standard InChI is InChI=1S/C20H29N3O2/c1-15(2)9-21-12-20(13-21)14-22(10-17-8-18(24)11-23(17)20)19(25)16-6-4-3-5-7-16/h3-7,15,17-18,24H,8-14H2,1-2H3/t17-,18-/m1/s1. The van der Waals surface area contributed by atoms with Gasteiger partial charge in [0.2, 0.25) is 0 Å². The number of fused-ring (bicyclic) bond motifs is 2. The van der Waals surface area contributed by atoms with Crippen molar-refractivity contribution >= 4 is 5.91 Å². The number of hydrogen-bond acceptors (Lipinski definition) is 4. The minimum atomic E-state index is -0.257. The van der Waals surface area contributed by atoms with Crippen molar-refractivity contribution < 1.29 is 9.90 Å². The maximum atomic E-state index is 13.0. The van der Waals surface area contributed by atoms with E-state index in [2.05, 4.69) is 23.6 Å². The van der Waals surface area contributed by atoms with E-state index in [-0.39, 0.29) is 23.6 Å². The Morgan fingerprint density at radius 1 is 1.20 bits per heavy atom. The maximum Gasteiger partial charge on any atom is 0.253 e. The number of piperazine rings is 1. The molecular formula is C20H29N3O2. The third-order valence-corrected chi connectivity index (χ3v) is 5.89. The number of carbonyl (C=O) groups excluding carboxylic acids is 1. The van der Waals surface area contributed by atoms with E-state index in [0.29, 0.717) is 5.92 Å². The predicted molar refractivity (Wildman–Crippen MR) is 97.5 cm³/mol. The van der Waals surface area contributed by atoms with Crippen LogP contribution in [0.1, 0.15) is 30.6 Å². The van der Waals surface area contributed by atoms with Crippen molar-refractivity contribution in [3.8, 4) is 0 Å². The van der Waals surface area contributed by atoms with Gasteiger partial charge >= 0.3 is 0 Å². The normalized spacial score (nSPS) is 29.0. The third-order valence-electron chi connectivity index (χ3n) is 5.89. The van der Waals surface area contributed by atoms with E-state index in [1.807, 2.05) is 35.2 Å². The van der Waals surface area contributed by atoms with E-state index in [1.165, 1.54) is 0 Å². The first kappa shape index (κ1) is 17.0. The number of rotatable bonds is 3. The molecule has 3 fully saturated rings. The van der Waals surface area contributed by atoms with Gasteiger partial charge in [0.05, 0.1) is 11.6 Å². The molecule has 1 aromatic carbocycles. The number of β-amino-alcohol motifs (C(OH)–C–C–N with tert-alkyl or cyclic N) is 1. The molecule has 0 aromatic heterocycles. The van der Waals surface area contributed by atoms with Crippen LogP contribution in [0.5, 0.6) is 0 Å². The molecule has 136 valence electrons. The fraction of sp³-hybridized carbons (Fsp3) is 0.650. The Kier molecular flexibility index (Phi) is 4.34. The molecule has 0 saturated carbocycles. The van der Waals surface area contributed by atoms with Crippen LogP contribution in [0.4, 0.5) is 0 Å².